The Bertz CT molecular complexity index is 221. The highest BCUT2D eigenvalue weighted by Gasteiger charge is 2.23. The number of hydrogen-bond acceptors (Lipinski definition) is 3. The van der Waals surface area contributed by atoms with E-state index in [9.17, 15) is 9.90 Å². The molecule has 0 aromatic rings. The van der Waals surface area contributed by atoms with Gasteiger partial charge in [-0.15, -0.1) is 0 Å². The number of hydrogen-bond donors (Lipinski definition) is 3. The lowest BCUT2D eigenvalue weighted by Gasteiger charge is -2.22. The third-order valence-corrected chi connectivity index (χ3v) is 3.26. The van der Waals surface area contributed by atoms with Crippen LogP contribution in [0.3, 0.4) is 0 Å². The Balaban J connectivity index is 2.36. The molecule has 3 atom stereocenters. The number of carbonyl (C=O) groups is 1. The Kier molecular flexibility index (Phi) is 5.77. The first-order valence-corrected chi connectivity index (χ1v) is 6.31. The molecule has 1 aliphatic rings. The minimum Gasteiger partial charge on any atom is -0.390 e. The van der Waals surface area contributed by atoms with Crippen LogP contribution in [0.4, 0.5) is 0 Å². The van der Waals surface area contributed by atoms with Crippen molar-refractivity contribution in [1.82, 2.24) is 10.6 Å². The first-order chi connectivity index (χ1) is 7.63. The van der Waals surface area contributed by atoms with Gasteiger partial charge >= 0.3 is 0 Å². The van der Waals surface area contributed by atoms with E-state index in [-0.39, 0.29) is 11.9 Å². The lowest BCUT2D eigenvalue weighted by molar-refractivity contribution is -0.123. The molecule has 1 amide bonds. The van der Waals surface area contributed by atoms with E-state index in [0.717, 1.165) is 25.8 Å². The molecule has 1 fully saturated rings. The summed E-state index contributed by atoms with van der Waals surface area (Å²) >= 11 is 0. The topological polar surface area (TPSA) is 61.4 Å². The van der Waals surface area contributed by atoms with Crippen LogP contribution in [0.5, 0.6) is 0 Å². The van der Waals surface area contributed by atoms with E-state index in [1.807, 2.05) is 0 Å². The first kappa shape index (κ1) is 13.5. The molecular weight excluding hydrogens is 204 g/mol. The summed E-state index contributed by atoms with van der Waals surface area (Å²) in [6.45, 7) is 5.66. The summed E-state index contributed by atoms with van der Waals surface area (Å²) in [6.07, 6.45) is 2.99. The molecule has 0 spiro atoms. The molecule has 0 bridgehead atoms. The molecule has 0 saturated carbocycles. The molecule has 1 heterocycles. The highest BCUT2D eigenvalue weighted by molar-refractivity contribution is 5.76. The summed E-state index contributed by atoms with van der Waals surface area (Å²) < 4.78 is 0. The second-order valence-corrected chi connectivity index (χ2v) is 4.81. The highest BCUT2D eigenvalue weighted by Crippen LogP contribution is 2.09. The molecule has 1 aliphatic heterocycles. The molecule has 0 aliphatic carbocycles. The predicted molar refractivity (Wildman–Crippen MR) is 64.1 cm³/mol. The van der Waals surface area contributed by atoms with Gasteiger partial charge < -0.3 is 15.7 Å². The van der Waals surface area contributed by atoms with E-state index in [0.29, 0.717) is 18.9 Å². The average molecular weight is 228 g/mol. The maximum absolute atomic E-state index is 11.7. The van der Waals surface area contributed by atoms with Gasteiger partial charge in [-0.1, -0.05) is 20.3 Å². The van der Waals surface area contributed by atoms with Crippen LogP contribution >= 0.6 is 0 Å². The second kappa shape index (κ2) is 6.86. The van der Waals surface area contributed by atoms with Crippen LogP contribution < -0.4 is 10.6 Å². The third-order valence-electron chi connectivity index (χ3n) is 3.26. The average Bonchev–Trinajstić information content (AvgIpc) is 2.44. The Morgan fingerprint density at radius 2 is 2.38 bits per heavy atom. The van der Waals surface area contributed by atoms with Crippen molar-refractivity contribution in [2.45, 2.75) is 51.7 Å². The van der Waals surface area contributed by atoms with Gasteiger partial charge in [0.25, 0.3) is 0 Å². The molecule has 0 radical (unpaired) electrons. The van der Waals surface area contributed by atoms with Crippen LogP contribution in [0.15, 0.2) is 0 Å². The number of rotatable bonds is 4. The van der Waals surface area contributed by atoms with Gasteiger partial charge in [0.2, 0.25) is 5.91 Å². The summed E-state index contributed by atoms with van der Waals surface area (Å²) in [7, 11) is 0. The standard InChI is InChI=1S/C12H24N2O2/c1-3-9(2)7-12(16)14-10-5-4-6-13-8-11(10)15/h9-11,13,15H,3-8H2,1-2H3,(H,14,16)/t9-,10?,11?/m0/s1. The van der Waals surface area contributed by atoms with Crippen molar-refractivity contribution in [3.8, 4) is 0 Å². The second-order valence-electron chi connectivity index (χ2n) is 4.81. The predicted octanol–water partition coefficient (Wildman–Crippen LogP) is 0.652. The number of aliphatic hydroxyl groups excluding tert-OH is 1. The molecule has 4 nitrogen and oxygen atoms in total. The quantitative estimate of drug-likeness (QED) is 0.662. The summed E-state index contributed by atoms with van der Waals surface area (Å²) in [5.41, 5.74) is 0. The summed E-state index contributed by atoms with van der Waals surface area (Å²) in [5, 5.41) is 15.9. The van der Waals surface area contributed by atoms with E-state index in [2.05, 4.69) is 24.5 Å². The molecule has 4 heteroatoms. The van der Waals surface area contributed by atoms with E-state index < -0.39 is 6.10 Å². The van der Waals surface area contributed by atoms with Gasteiger partial charge in [-0.3, -0.25) is 4.79 Å². The van der Waals surface area contributed by atoms with Gasteiger partial charge in [-0.25, -0.2) is 0 Å². The fourth-order valence-electron chi connectivity index (χ4n) is 1.93. The van der Waals surface area contributed by atoms with Gasteiger partial charge in [-0.2, -0.15) is 0 Å². The van der Waals surface area contributed by atoms with Gasteiger partial charge in [0, 0.05) is 13.0 Å². The number of carbonyl (C=O) groups excluding carboxylic acids is 1. The SMILES string of the molecule is CC[C@H](C)CC(=O)NC1CCCNCC1O. The number of β-amino-alcohol motifs (C(OH)–C–C–N with tert-alkyl or cyclic N) is 1. The van der Waals surface area contributed by atoms with Crippen molar-refractivity contribution >= 4 is 5.91 Å². The maximum Gasteiger partial charge on any atom is 0.220 e. The van der Waals surface area contributed by atoms with Crippen molar-refractivity contribution in [2.24, 2.45) is 5.92 Å². The van der Waals surface area contributed by atoms with Crippen LogP contribution in [0.25, 0.3) is 0 Å². The molecule has 16 heavy (non-hydrogen) atoms. The van der Waals surface area contributed by atoms with Gasteiger partial charge in [0.1, 0.15) is 0 Å². The van der Waals surface area contributed by atoms with Crippen molar-refractivity contribution in [3.05, 3.63) is 0 Å². The molecule has 1 rings (SSSR count). The van der Waals surface area contributed by atoms with Gasteiger partial charge in [0.05, 0.1) is 12.1 Å². The number of aliphatic hydroxyl groups is 1. The minimum absolute atomic E-state index is 0.0697. The van der Waals surface area contributed by atoms with Gasteiger partial charge in [0.15, 0.2) is 0 Å². The first-order valence-electron chi connectivity index (χ1n) is 6.31. The zero-order chi connectivity index (χ0) is 12.0. The van der Waals surface area contributed by atoms with Crippen LogP contribution in [0.2, 0.25) is 0 Å². The molecule has 1 saturated heterocycles. The number of nitrogens with one attached hydrogen (secondary N) is 2. The van der Waals surface area contributed by atoms with Crippen molar-refractivity contribution in [2.75, 3.05) is 13.1 Å². The van der Waals surface area contributed by atoms with Crippen molar-refractivity contribution in [1.29, 1.82) is 0 Å². The molecule has 94 valence electrons. The third kappa shape index (κ3) is 4.49. The minimum atomic E-state index is -0.455. The van der Waals surface area contributed by atoms with Gasteiger partial charge in [-0.05, 0) is 25.3 Å². The van der Waals surface area contributed by atoms with E-state index >= 15 is 0 Å². The summed E-state index contributed by atoms with van der Waals surface area (Å²) in [4.78, 5) is 11.7. The molecule has 0 aromatic heterocycles. The van der Waals surface area contributed by atoms with Crippen molar-refractivity contribution < 1.29 is 9.90 Å². The monoisotopic (exact) mass is 228 g/mol. The Morgan fingerprint density at radius 1 is 1.62 bits per heavy atom. The Morgan fingerprint density at radius 3 is 3.06 bits per heavy atom. The molecule has 3 N–H and O–H groups in total. The van der Waals surface area contributed by atoms with Crippen molar-refractivity contribution in [3.63, 3.8) is 0 Å². The molecule has 0 aromatic carbocycles. The lowest BCUT2D eigenvalue weighted by Crippen LogP contribution is -2.45. The van der Waals surface area contributed by atoms with E-state index in [1.54, 1.807) is 0 Å². The Labute approximate surface area is 97.8 Å². The summed E-state index contributed by atoms with van der Waals surface area (Å²) in [6, 6.07) is -0.0773. The molecular formula is C12H24N2O2. The zero-order valence-electron chi connectivity index (χ0n) is 10.3. The van der Waals surface area contributed by atoms with Crippen LogP contribution in [-0.4, -0.2) is 36.2 Å². The van der Waals surface area contributed by atoms with E-state index in [4.69, 9.17) is 0 Å². The molecule has 2 unspecified atom stereocenters. The zero-order valence-corrected chi connectivity index (χ0v) is 10.3. The maximum atomic E-state index is 11.7. The number of amides is 1. The van der Waals surface area contributed by atoms with E-state index in [1.165, 1.54) is 0 Å². The van der Waals surface area contributed by atoms with Crippen LogP contribution in [-0.2, 0) is 4.79 Å². The Hall–Kier alpha value is -0.610. The fourth-order valence-corrected chi connectivity index (χ4v) is 1.93. The fraction of sp³-hybridized carbons (Fsp3) is 0.917. The normalized spacial score (nSPS) is 28.2. The smallest absolute Gasteiger partial charge is 0.220 e. The van der Waals surface area contributed by atoms with Crippen LogP contribution in [0, 0.1) is 5.92 Å². The lowest BCUT2D eigenvalue weighted by atomic mass is 10.0. The summed E-state index contributed by atoms with van der Waals surface area (Å²) in [5.74, 6) is 0.487. The largest absolute Gasteiger partial charge is 0.390 e. The van der Waals surface area contributed by atoms with Crippen LogP contribution in [0.1, 0.15) is 39.5 Å². The highest BCUT2D eigenvalue weighted by atomic mass is 16.3.